The van der Waals surface area contributed by atoms with Gasteiger partial charge in [0.15, 0.2) is 0 Å². The van der Waals surface area contributed by atoms with Gasteiger partial charge in [0.1, 0.15) is 0 Å². The van der Waals surface area contributed by atoms with Crippen molar-refractivity contribution in [3.63, 3.8) is 0 Å². The number of carbonyl (C=O) groups excluding carboxylic acids is 1. The van der Waals surface area contributed by atoms with Crippen LogP contribution in [0.2, 0.25) is 0 Å². The van der Waals surface area contributed by atoms with Gasteiger partial charge in [-0.25, -0.2) is 0 Å². The highest BCUT2D eigenvalue weighted by molar-refractivity contribution is 8.00. The number of hydrogen-bond donors (Lipinski definition) is 1. The first-order valence-electron chi connectivity index (χ1n) is 7.34. The molecule has 0 unspecified atom stereocenters. The molecule has 1 aromatic carbocycles. The average molecular weight is 352 g/mol. The summed E-state index contributed by atoms with van der Waals surface area (Å²) in [5.41, 5.74) is 6.87. The molecule has 0 atom stereocenters. The van der Waals surface area contributed by atoms with Gasteiger partial charge in [-0.15, -0.1) is 24.2 Å². The van der Waals surface area contributed by atoms with E-state index in [1.807, 2.05) is 35.2 Å². The fraction of sp³-hybridized carbons (Fsp3) is 0.294. The van der Waals surface area contributed by atoms with Crippen LogP contribution in [0.15, 0.2) is 59.8 Å². The Balaban J connectivity index is 0.00000264. The molecule has 6 heteroatoms. The van der Waals surface area contributed by atoms with Gasteiger partial charge in [-0.2, -0.15) is 0 Å². The van der Waals surface area contributed by atoms with Crippen LogP contribution < -0.4 is 5.73 Å². The van der Waals surface area contributed by atoms with Gasteiger partial charge in [0.05, 0.1) is 5.75 Å². The maximum Gasteiger partial charge on any atom is 0.232 e. The van der Waals surface area contributed by atoms with Crippen molar-refractivity contribution in [1.29, 1.82) is 0 Å². The minimum Gasteiger partial charge on any atom is -0.340 e. The van der Waals surface area contributed by atoms with Gasteiger partial charge < -0.3 is 10.6 Å². The van der Waals surface area contributed by atoms with Crippen molar-refractivity contribution in [2.45, 2.75) is 11.3 Å². The van der Waals surface area contributed by atoms with E-state index in [1.54, 1.807) is 12.4 Å². The summed E-state index contributed by atoms with van der Waals surface area (Å²) in [5.74, 6) is 0.557. The molecule has 0 bridgehead atoms. The summed E-state index contributed by atoms with van der Waals surface area (Å²) in [6.45, 7) is 1.79. The highest BCUT2D eigenvalue weighted by Crippen LogP contribution is 2.16. The number of aromatic nitrogens is 1. The molecule has 0 spiro atoms. The van der Waals surface area contributed by atoms with E-state index in [4.69, 9.17) is 5.73 Å². The predicted molar refractivity (Wildman–Crippen MR) is 98.0 cm³/mol. The Labute approximate surface area is 147 Å². The van der Waals surface area contributed by atoms with Crippen molar-refractivity contribution < 1.29 is 4.79 Å². The maximum absolute atomic E-state index is 12.4. The summed E-state index contributed by atoms with van der Waals surface area (Å²) in [7, 11) is 0. The normalized spacial score (nSPS) is 9.96. The van der Waals surface area contributed by atoms with Crippen molar-refractivity contribution in [1.82, 2.24) is 9.88 Å². The van der Waals surface area contributed by atoms with Crippen LogP contribution in [0.4, 0.5) is 0 Å². The lowest BCUT2D eigenvalue weighted by atomic mass is 10.1. The van der Waals surface area contributed by atoms with Crippen LogP contribution in [0.1, 0.15) is 5.56 Å². The van der Waals surface area contributed by atoms with E-state index in [1.165, 1.54) is 17.3 Å². The molecule has 0 saturated heterocycles. The number of nitrogens with two attached hydrogens (primary N) is 1. The number of carbonyl (C=O) groups is 1. The average Bonchev–Trinajstić information content (AvgIpc) is 2.58. The lowest BCUT2D eigenvalue weighted by molar-refractivity contribution is -0.128. The van der Waals surface area contributed by atoms with Gasteiger partial charge in [-0.05, 0) is 24.1 Å². The van der Waals surface area contributed by atoms with Crippen LogP contribution >= 0.6 is 24.2 Å². The quantitative estimate of drug-likeness (QED) is 0.743. The number of pyridine rings is 1. The first-order valence-corrected chi connectivity index (χ1v) is 8.33. The second-order valence-corrected chi connectivity index (χ2v) is 5.93. The van der Waals surface area contributed by atoms with Gasteiger partial charge in [0, 0.05) is 36.9 Å². The Morgan fingerprint density at radius 2 is 1.78 bits per heavy atom. The number of amides is 1. The fourth-order valence-corrected chi connectivity index (χ4v) is 2.88. The molecule has 1 amide bonds. The van der Waals surface area contributed by atoms with E-state index >= 15 is 0 Å². The molecule has 4 nitrogen and oxygen atoms in total. The summed E-state index contributed by atoms with van der Waals surface area (Å²) >= 11 is 1.53. The highest BCUT2D eigenvalue weighted by Gasteiger charge is 2.13. The molecular weight excluding hydrogens is 330 g/mol. The van der Waals surface area contributed by atoms with Crippen LogP contribution in [-0.2, 0) is 11.2 Å². The standard InChI is InChI=1S/C17H21N3OS.ClH/c18-9-13-20(12-8-15-4-2-1-3-5-15)17(21)14-22-16-6-10-19-11-7-16;/h1-7,10-11H,8-9,12-14,18H2;1H. The lowest BCUT2D eigenvalue weighted by Gasteiger charge is -2.22. The van der Waals surface area contributed by atoms with Gasteiger partial charge in [-0.3, -0.25) is 9.78 Å². The highest BCUT2D eigenvalue weighted by atomic mass is 35.5. The minimum absolute atomic E-state index is 0. The number of rotatable bonds is 8. The van der Waals surface area contributed by atoms with Crippen molar-refractivity contribution in [2.75, 3.05) is 25.4 Å². The molecule has 2 N–H and O–H groups in total. The third kappa shape index (κ3) is 7.03. The molecule has 23 heavy (non-hydrogen) atoms. The smallest absolute Gasteiger partial charge is 0.232 e. The molecule has 1 heterocycles. The molecule has 2 rings (SSSR count). The molecule has 0 aliphatic heterocycles. The van der Waals surface area contributed by atoms with Crippen molar-refractivity contribution in [3.05, 3.63) is 60.4 Å². The van der Waals surface area contributed by atoms with Crippen molar-refractivity contribution >= 4 is 30.1 Å². The summed E-state index contributed by atoms with van der Waals surface area (Å²) in [6.07, 6.45) is 4.33. The van der Waals surface area contributed by atoms with E-state index < -0.39 is 0 Å². The first-order chi connectivity index (χ1) is 10.8. The minimum atomic E-state index is 0. The zero-order valence-electron chi connectivity index (χ0n) is 12.9. The fourth-order valence-electron chi connectivity index (χ4n) is 2.10. The largest absolute Gasteiger partial charge is 0.340 e. The Morgan fingerprint density at radius 1 is 1.09 bits per heavy atom. The maximum atomic E-state index is 12.4. The summed E-state index contributed by atoms with van der Waals surface area (Å²) in [6, 6.07) is 14.0. The predicted octanol–water partition coefficient (Wildman–Crippen LogP) is 2.63. The first kappa shape index (κ1) is 19.5. The Kier molecular flexibility index (Phi) is 9.36. The molecule has 0 aliphatic rings. The lowest BCUT2D eigenvalue weighted by Crippen LogP contribution is -2.38. The molecule has 0 aliphatic carbocycles. The third-order valence-corrected chi connectivity index (χ3v) is 4.27. The number of nitrogens with zero attached hydrogens (tertiary/aromatic N) is 2. The van der Waals surface area contributed by atoms with Gasteiger partial charge in [-0.1, -0.05) is 30.3 Å². The Bertz CT molecular complexity index is 569. The topological polar surface area (TPSA) is 59.2 Å². The zero-order valence-corrected chi connectivity index (χ0v) is 14.6. The SMILES string of the molecule is Cl.NCCN(CCc1ccccc1)C(=O)CSc1ccncc1. The van der Waals surface area contributed by atoms with Gasteiger partial charge >= 0.3 is 0 Å². The molecule has 2 aromatic rings. The van der Waals surface area contributed by atoms with Crippen LogP contribution in [-0.4, -0.2) is 41.2 Å². The monoisotopic (exact) mass is 351 g/mol. The molecule has 124 valence electrons. The number of halogens is 1. The van der Waals surface area contributed by atoms with Crippen LogP contribution in [0.5, 0.6) is 0 Å². The molecule has 0 radical (unpaired) electrons. The van der Waals surface area contributed by atoms with E-state index in [9.17, 15) is 4.79 Å². The summed E-state index contributed by atoms with van der Waals surface area (Å²) < 4.78 is 0. The molecule has 1 aromatic heterocycles. The van der Waals surface area contributed by atoms with E-state index in [-0.39, 0.29) is 18.3 Å². The van der Waals surface area contributed by atoms with Crippen molar-refractivity contribution in [3.8, 4) is 0 Å². The summed E-state index contributed by atoms with van der Waals surface area (Å²) in [5, 5.41) is 0. The van der Waals surface area contributed by atoms with Crippen molar-refractivity contribution in [2.24, 2.45) is 5.73 Å². The van der Waals surface area contributed by atoms with E-state index in [0.717, 1.165) is 11.3 Å². The second-order valence-electron chi connectivity index (χ2n) is 4.88. The third-order valence-electron chi connectivity index (χ3n) is 3.28. The summed E-state index contributed by atoms with van der Waals surface area (Å²) in [4.78, 5) is 19.2. The van der Waals surface area contributed by atoms with Gasteiger partial charge in [0.25, 0.3) is 0 Å². The number of thioether (sulfide) groups is 1. The number of hydrogen-bond acceptors (Lipinski definition) is 4. The number of benzene rings is 1. The van der Waals surface area contributed by atoms with Crippen LogP contribution in [0.3, 0.4) is 0 Å². The molecule has 0 fully saturated rings. The Morgan fingerprint density at radius 3 is 2.43 bits per heavy atom. The second kappa shape index (κ2) is 11.0. The van der Waals surface area contributed by atoms with Crippen LogP contribution in [0, 0.1) is 0 Å². The van der Waals surface area contributed by atoms with Crippen LogP contribution in [0.25, 0.3) is 0 Å². The van der Waals surface area contributed by atoms with E-state index in [2.05, 4.69) is 17.1 Å². The zero-order chi connectivity index (χ0) is 15.6. The van der Waals surface area contributed by atoms with E-state index in [0.29, 0.717) is 25.4 Å². The molecular formula is C17H22ClN3OS. The van der Waals surface area contributed by atoms with Gasteiger partial charge in [0.2, 0.25) is 5.91 Å². The Hall–Kier alpha value is -1.56. The molecule has 0 saturated carbocycles.